The van der Waals surface area contributed by atoms with E-state index in [2.05, 4.69) is 10.4 Å². The van der Waals surface area contributed by atoms with Crippen LogP contribution in [0.5, 0.6) is 0 Å². The van der Waals surface area contributed by atoms with E-state index in [9.17, 15) is 19.7 Å². The Morgan fingerprint density at radius 1 is 1.37 bits per heavy atom. The van der Waals surface area contributed by atoms with Crippen molar-refractivity contribution in [3.63, 3.8) is 0 Å². The van der Waals surface area contributed by atoms with Gasteiger partial charge in [-0.3, -0.25) is 19.5 Å². The first-order valence-electron chi connectivity index (χ1n) is 8.30. The Morgan fingerprint density at radius 2 is 2.19 bits per heavy atom. The highest BCUT2D eigenvalue weighted by Gasteiger charge is 2.31. The molecular weight excluding hydrogens is 358 g/mol. The van der Waals surface area contributed by atoms with Gasteiger partial charge in [-0.15, -0.1) is 5.10 Å². The van der Waals surface area contributed by atoms with Crippen molar-refractivity contribution in [2.75, 3.05) is 6.54 Å². The van der Waals surface area contributed by atoms with E-state index < -0.39 is 16.7 Å². The van der Waals surface area contributed by atoms with Crippen LogP contribution in [0.3, 0.4) is 0 Å². The molecule has 0 atom stereocenters. The molecule has 4 rings (SSSR count). The Bertz CT molecular complexity index is 1040. The zero-order valence-corrected chi connectivity index (χ0v) is 14.0. The molecule has 0 aliphatic heterocycles. The van der Waals surface area contributed by atoms with Gasteiger partial charge in [0.2, 0.25) is 5.82 Å². The highest BCUT2D eigenvalue weighted by molar-refractivity contribution is 5.91. The maximum absolute atomic E-state index is 12.6. The minimum Gasteiger partial charge on any atom is -0.461 e. The molecule has 1 saturated carbocycles. The first kappa shape index (κ1) is 16.8. The summed E-state index contributed by atoms with van der Waals surface area (Å²) in [6.45, 7) is 0.243. The van der Waals surface area contributed by atoms with Crippen molar-refractivity contribution in [1.82, 2.24) is 19.7 Å². The summed E-state index contributed by atoms with van der Waals surface area (Å²) in [6.07, 6.45) is 3.33. The van der Waals surface area contributed by atoms with Crippen LogP contribution in [0.15, 0.2) is 44.2 Å². The number of nitrogens with one attached hydrogen (secondary N) is 1. The Labute approximate surface area is 151 Å². The molecule has 27 heavy (non-hydrogen) atoms. The number of hydrogen-bond acceptors (Lipinski definition) is 7. The van der Waals surface area contributed by atoms with Crippen LogP contribution >= 0.6 is 0 Å². The Balaban J connectivity index is 1.45. The molecule has 1 aliphatic rings. The summed E-state index contributed by atoms with van der Waals surface area (Å²) in [6, 6.07) is 5.89. The van der Waals surface area contributed by atoms with Crippen LogP contribution in [0.1, 0.15) is 29.4 Å². The number of rotatable bonds is 7. The standard InChI is InChI=1S/C16H15N5O6/c22-15(12-5-6-13(27-12)21(24)25)17-7-8-19-16(23)20(10-3-4-10)14(18-19)11-2-1-9-26-11/h1-2,5-6,9-10H,3-4,7-8H2,(H,17,22). The second kappa shape index (κ2) is 6.59. The largest absolute Gasteiger partial charge is 0.461 e. The van der Waals surface area contributed by atoms with Crippen molar-refractivity contribution < 1.29 is 18.6 Å². The van der Waals surface area contributed by atoms with Gasteiger partial charge in [0.15, 0.2) is 11.5 Å². The second-order valence-corrected chi connectivity index (χ2v) is 6.06. The average Bonchev–Trinajstić information content (AvgIpc) is 3.06. The molecule has 3 aromatic rings. The number of carbonyl (C=O) groups is 1. The van der Waals surface area contributed by atoms with Gasteiger partial charge in [0.25, 0.3) is 5.91 Å². The number of aromatic nitrogens is 3. The molecule has 1 aliphatic carbocycles. The lowest BCUT2D eigenvalue weighted by atomic mass is 10.4. The lowest BCUT2D eigenvalue weighted by Gasteiger charge is -2.02. The molecule has 0 saturated heterocycles. The zero-order valence-electron chi connectivity index (χ0n) is 14.0. The molecular formula is C16H15N5O6. The van der Waals surface area contributed by atoms with Crippen LogP contribution in [-0.2, 0) is 6.54 Å². The predicted octanol–water partition coefficient (Wildman–Crippen LogP) is 1.57. The van der Waals surface area contributed by atoms with E-state index in [1.54, 1.807) is 16.7 Å². The predicted molar refractivity (Wildman–Crippen MR) is 90.2 cm³/mol. The first-order valence-corrected chi connectivity index (χ1v) is 8.30. The SMILES string of the molecule is O=C(NCCn1nc(-c2ccco2)n(C2CC2)c1=O)c1ccc([N+](=O)[O-])o1. The lowest BCUT2D eigenvalue weighted by molar-refractivity contribution is -0.402. The number of nitro groups is 1. The highest BCUT2D eigenvalue weighted by Crippen LogP contribution is 2.36. The van der Waals surface area contributed by atoms with E-state index in [-0.39, 0.29) is 30.6 Å². The van der Waals surface area contributed by atoms with Gasteiger partial charge in [-0.2, -0.15) is 0 Å². The number of furan rings is 2. The summed E-state index contributed by atoms with van der Waals surface area (Å²) in [4.78, 5) is 34.4. The van der Waals surface area contributed by atoms with E-state index in [0.717, 1.165) is 18.9 Å². The van der Waals surface area contributed by atoms with Crippen molar-refractivity contribution in [2.24, 2.45) is 0 Å². The van der Waals surface area contributed by atoms with E-state index in [1.165, 1.54) is 17.0 Å². The Hall–Kier alpha value is -3.63. The van der Waals surface area contributed by atoms with E-state index >= 15 is 0 Å². The Kier molecular flexibility index (Phi) is 4.11. The second-order valence-electron chi connectivity index (χ2n) is 6.06. The van der Waals surface area contributed by atoms with Crippen molar-refractivity contribution >= 4 is 11.8 Å². The minimum absolute atomic E-state index is 0.104. The fourth-order valence-electron chi connectivity index (χ4n) is 2.71. The molecule has 0 aromatic carbocycles. The van der Waals surface area contributed by atoms with Crippen LogP contribution in [0, 0.1) is 10.1 Å². The fraction of sp³-hybridized carbons (Fsp3) is 0.312. The molecule has 1 fully saturated rings. The number of nitrogens with zero attached hydrogens (tertiary/aromatic N) is 4. The van der Waals surface area contributed by atoms with Crippen LogP contribution < -0.4 is 11.0 Å². The monoisotopic (exact) mass is 373 g/mol. The summed E-state index contributed by atoms with van der Waals surface area (Å²) >= 11 is 0. The van der Waals surface area contributed by atoms with Gasteiger partial charge >= 0.3 is 11.6 Å². The zero-order chi connectivity index (χ0) is 19.0. The summed E-state index contributed by atoms with van der Waals surface area (Å²) in [5, 5.41) is 17.5. The summed E-state index contributed by atoms with van der Waals surface area (Å²) in [5.41, 5.74) is -0.271. The number of carbonyl (C=O) groups excluding carboxylic acids is 1. The quantitative estimate of drug-likeness (QED) is 0.490. The summed E-state index contributed by atoms with van der Waals surface area (Å²) in [5.74, 6) is -0.328. The topological polar surface area (TPSA) is 138 Å². The normalized spacial score (nSPS) is 13.6. The molecule has 1 amide bonds. The third-order valence-electron chi connectivity index (χ3n) is 4.13. The highest BCUT2D eigenvalue weighted by atomic mass is 16.6. The lowest BCUT2D eigenvalue weighted by Crippen LogP contribution is -2.32. The molecule has 0 radical (unpaired) electrons. The summed E-state index contributed by atoms with van der Waals surface area (Å²) in [7, 11) is 0. The molecule has 0 bridgehead atoms. The van der Waals surface area contributed by atoms with E-state index in [4.69, 9.17) is 8.83 Å². The maximum atomic E-state index is 12.6. The van der Waals surface area contributed by atoms with E-state index in [1.807, 2.05) is 0 Å². The van der Waals surface area contributed by atoms with Crippen LogP contribution in [0.2, 0.25) is 0 Å². The van der Waals surface area contributed by atoms with Crippen molar-refractivity contribution in [3.8, 4) is 11.6 Å². The molecule has 1 N–H and O–H groups in total. The first-order chi connectivity index (χ1) is 13.0. The van der Waals surface area contributed by atoms with Gasteiger partial charge in [0.1, 0.15) is 4.92 Å². The average molecular weight is 373 g/mol. The number of hydrogen-bond donors (Lipinski definition) is 1. The molecule has 11 heteroatoms. The van der Waals surface area contributed by atoms with Gasteiger partial charge in [-0.05, 0) is 31.0 Å². The van der Waals surface area contributed by atoms with Gasteiger partial charge in [-0.1, -0.05) is 0 Å². The molecule has 0 unspecified atom stereocenters. The smallest absolute Gasteiger partial charge is 0.433 e. The van der Waals surface area contributed by atoms with Gasteiger partial charge in [-0.25, -0.2) is 9.48 Å². The third-order valence-corrected chi connectivity index (χ3v) is 4.13. The van der Waals surface area contributed by atoms with Gasteiger partial charge in [0.05, 0.1) is 18.9 Å². The van der Waals surface area contributed by atoms with E-state index in [0.29, 0.717) is 11.6 Å². The molecule has 3 aromatic heterocycles. The maximum Gasteiger partial charge on any atom is 0.433 e. The van der Waals surface area contributed by atoms with Crippen LogP contribution in [-0.4, -0.2) is 31.7 Å². The molecule has 140 valence electrons. The fourth-order valence-corrected chi connectivity index (χ4v) is 2.71. The van der Waals surface area contributed by atoms with Crippen LogP contribution in [0.4, 0.5) is 5.88 Å². The van der Waals surface area contributed by atoms with Gasteiger partial charge < -0.3 is 14.2 Å². The Morgan fingerprint density at radius 3 is 2.81 bits per heavy atom. The minimum atomic E-state index is -0.725. The molecule has 3 heterocycles. The van der Waals surface area contributed by atoms with Crippen molar-refractivity contribution in [3.05, 3.63) is 56.9 Å². The summed E-state index contributed by atoms with van der Waals surface area (Å²) < 4.78 is 13.1. The third kappa shape index (κ3) is 3.26. The van der Waals surface area contributed by atoms with Crippen molar-refractivity contribution in [1.29, 1.82) is 0 Å². The molecule has 0 spiro atoms. The van der Waals surface area contributed by atoms with Crippen LogP contribution in [0.25, 0.3) is 11.6 Å². The molecule has 11 nitrogen and oxygen atoms in total. The van der Waals surface area contributed by atoms with Crippen molar-refractivity contribution in [2.45, 2.75) is 25.4 Å². The van der Waals surface area contributed by atoms with Gasteiger partial charge in [0, 0.05) is 12.6 Å². The number of amides is 1.